The number of nitrogens with one attached hydrogen (secondary N) is 1. The van der Waals surface area contributed by atoms with Gasteiger partial charge < -0.3 is 10.1 Å². The van der Waals surface area contributed by atoms with Gasteiger partial charge in [0.2, 0.25) is 0 Å². The fourth-order valence-corrected chi connectivity index (χ4v) is 2.21. The molecule has 0 fully saturated rings. The zero-order chi connectivity index (χ0) is 12.3. The van der Waals surface area contributed by atoms with E-state index in [2.05, 4.69) is 10.3 Å². The van der Waals surface area contributed by atoms with Crippen LogP contribution in [0.15, 0.2) is 29.8 Å². The Balaban J connectivity index is 2.33. The maximum Gasteiger partial charge on any atom is 0.341 e. The number of carbonyl (C=O) groups is 1. The molecular formula is C12H12N2O2S. The van der Waals surface area contributed by atoms with E-state index >= 15 is 0 Å². The van der Waals surface area contributed by atoms with Gasteiger partial charge in [0.05, 0.1) is 12.1 Å². The summed E-state index contributed by atoms with van der Waals surface area (Å²) < 4.78 is 4.71. The minimum Gasteiger partial charge on any atom is -0.465 e. The van der Waals surface area contributed by atoms with Gasteiger partial charge in [0.25, 0.3) is 0 Å². The fourth-order valence-electron chi connectivity index (χ4n) is 1.39. The van der Waals surface area contributed by atoms with Crippen LogP contribution in [0.2, 0.25) is 0 Å². The van der Waals surface area contributed by atoms with Crippen LogP contribution >= 0.6 is 11.3 Å². The lowest BCUT2D eigenvalue weighted by Gasteiger charge is -2.08. The number of ether oxygens (including phenoxy) is 1. The van der Waals surface area contributed by atoms with Crippen molar-refractivity contribution < 1.29 is 9.53 Å². The summed E-state index contributed by atoms with van der Waals surface area (Å²) in [5, 5.41) is 6.11. The largest absolute Gasteiger partial charge is 0.465 e. The third-order valence-corrected chi connectivity index (χ3v) is 3.24. The molecule has 0 saturated heterocycles. The molecule has 4 nitrogen and oxygen atoms in total. The molecule has 0 radical (unpaired) electrons. The lowest BCUT2D eigenvalue weighted by molar-refractivity contribution is 0.0601. The molecule has 0 aromatic carbocycles. The van der Waals surface area contributed by atoms with Crippen molar-refractivity contribution >= 4 is 28.1 Å². The summed E-state index contributed by atoms with van der Waals surface area (Å²) in [6.45, 7) is 2.00. The van der Waals surface area contributed by atoms with Crippen molar-refractivity contribution in [2.75, 3.05) is 12.4 Å². The molecule has 0 atom stereocenters. The van der Waals surface area contributed by atoms with E-state index < -0.39 is 5.97 Å². The second-order valence-electron chi connectivity index (χ2n) is 3.45. The molecule has 2 aromatic rings. The molecular weight excluding hydrogens is 236 g/mol. The second kappa shape index (κ2) is 4.97. The topological polar surface area (TPSA) is 51.2 Å². The van der Waals surface area contributed by atoms with Gasteiger partial charge in [-0.05, 0) is 36.1 Å². The third-order valence-electron chi connectivity index (χ3n) is 2.31. The molecule has 0 aliphatic rings. The number of carbonyl (C=O) groups excluding carboxylic acids is 1. The van der Waals surface area contributed by atoms with E-state index in [4.69, 9.17) is 4.74 Å². The van der Waals surface area contributed by atoms with Crippen LogP contribution in [0.1, 0.15) is 15.9 Å². The first-order valence-corrected chi connectivity index (χ1v) is 5.95. The summed E-state index contributed by atoms with van der Waals surface area (Å²) in [4.78, 5) is 15.7. The predicted molar refractivity (Wildman–Crippen MR) is 67.9 cm³/mol. The number of pyridine rings is 1. The molecule has 0 bridgehead atoms. The van der Waals surface area contributed by atoms with Crippen molar-refractivity contribution in [1.82, 2.24) is 4.98 Å². The van der Waals surface area contributed by atoms with Crippen LogP contribution in [0.4, 0.5) is 10.8 Å². The molecule has 88 valence electrons. The third kappa shape index (κ3) is 2.45. The number of anilines is 2. The Morgan fingerprint density at radius 3 is 2.94 bits per heavy atom. The quantitative estimate of drug-likeness (QED) is 0.848. The van der Waals surface area contributed by atoms with Gasteiger partial charge in [-0.15, -0.1) is 11.3 Å². The molecule has 0 aliphatic carbocycles. The molecule has 2 rings (SSSR count). The highest BCUT2D eigenvalue weighted by molar-refractivity contribution is 7.14. The van der Waals surface area contributed by atoms with Gasteiger partial charge in [0.1, 0.15) is 11.4 Å². The molecule has 5 heteroatoms. The summed E-state index contributed by atoms with van der Waals surface area (Å²) in [7, 11) is 1.36. The molecule has 17 heavy (non-hydrogen) atoms. The van der Waals surface area contributed by atoms with Crippen LogP contribution in [0, 0.1) is 6.92 Å². The summed E-state index contributed by atoms with van der Waals surface area (Å²) >= 11 is 1.57. The average Bonchev–Trinajstić information content (AvgIpc) is 2.75. The van der Waals surface area contributed by atoms with Gasteiger partial charge in [-0.25, -0.2) is 9.78 Å². The number of thiophene rings is 1. The van der Waals surface area contributed by atoms with E-state index in [0.29, 0.717) is 11.4 Å². The normalized spacial score (nSPS) is 10.0. The van der Waals surface area contributed by atoms with E-state index in [9.17, 15) is 4.79 Å². The lowest BCUT2D eigenvalue weighted by atomic mass is 10.2. The maximum atomic E-state index is 11.5. The van der Waals surface area contributed by atoms with E-state index in [1.54, 1.807) is 29.7 Å². The standard InChI is InChI=1S/C12H12N2O2S/c1-8-5-7-17-11(8)14-10-9(12(15)16-2)4-3-6-13-10/h3-7H,1-2H3,(H,13,14). The molecule has 2 heterocycles. The highest BCUT2D eigenvalue weighted by Gasteiger charge is 2.13. The van der Waals surface area contributed by atoms with Crippen LogP contribution in [-0.2, 0) is 4.74 Å². The van der Waals surface area contributed by atoms with Crippen LogP contribution in [0.25, 0.3) is 0 Å². The monoisotopic (exact) mass is 248 g/mol. The number of rotatable bonds is 3. The van der Waals surface area contributed by atoms with Crippen LogP contribution < -0.4 is 5.32 Å². The van der Waals surface area contributed by atoms with Gasteiger partial charge in [0, 0.05) is 6.20 Å². The van der Waals surface area contributed by atoms with Crippen LogP contribution in [-0.4, -0.2) is 18.1 Å². The number of nitrogens with zero attached hydrogens (tertiary/aromatic N) is 1. The first-order chi connectivity index (χ1) is 8.22. The second-order valence-corrected chi connectivity index (χ2v) is 4.37. The van der Waals surface area contributed by atoms with E-state index in [0.717, 1.165) is 10.6 Å². The Bertz CT molecular complexity index is 537. The Labute approximate surface area is 103 Å². The lowest BCUT2D eigenvalue weighted by Crippen LogP contribution is -2.06. The summed E-state index contributed by atoms with van der Waals surface area (Å²) in [5.41, 5.74) is 1.55. The molecule has 2 aromatic heterocycles. The molecule has 1 N–H and O–H groups in total. The van der Waals surface area contributed by atoms with Gasteiger partial charge >= 0.3 is 5.97 Å². The number of aromatic nitrogens is 1. The Hall–Kier alpha value is -1.88. The number of hydrogen-bond donors (Lipinski definition) is 1. The number of aryl methyl sites for hydroxylation is 1. The van der Waals surface area contributed by atoms with Crippen molar-refractivity contribution in [3.05, 3.63) is 40.9 Å². The van der Waals surface area contributed by atoms with E-state index in [-0.39, 0.29) is 0 Å². The molecule has 0 aliphatic heterocycles. The van der Waals surface area contributed by atoms with Gasteiger partial charge in [-0.3, -0.25) is 0 Å². The SMILES string of the molecule is COC(=O)c1cccnc1Nc1sccc1C. The predicted octanol–water partition coefficient (Wildman–Crippen LogP) is 2.98. The van der Waals surface area contributed by atoms with E-state index in [1.807, 2.05) is 18.4 Å². The van der Waals surface area contributed by atoms with Gasteiger partial charge in [-0.1, -0.05) is 0 Å². The molecule has 0 spiro atoms. The van der Waals surface area contributed by atoms with E-state index in [1.165, 1.54) is 7.11 Å². The Morgan fingerprint density at radius 2 is 2.29 bits per heavy atom. The Morgan fingerprint density at radius 1 is 1.47 bits per heavy atom. The average molecular weight is 248 g/mol. The molecule has 0 unspecified atom stereocenters. The first kappa shape index (κ1) is 11.6. The smallest absolute Gasteiger partial charge is 0.341 e. The number of esters is 1. The zero-order valence-electron chi connectivity index (χ0n) is 9.56. The summed E-state index contributed by atoms with van der Waals surface area (Å²) in [5.74, 6) is 0.125. The minimum atomic E-state index is -0.394. The van der Waals surface area contributed by atoms with Crippen LogP contribution in [0.3, 0.4) is 0 Å². The maximum absolute atomic E-state index is 11.5. The number of hydrogen-bond acceptors (Lipinski definition) is 5. The first-order valence-electron chi connectivity index (χ1n) is 5.07. The van der Waals surface area contributed by atoms with Gasteiger partial charge in [0.15, 0.2) is 0 Å². The molecule has 0 amide bonds. The van der Waals surface area contributed by atoms with Crippen molar-refractivity contribution in [2.24, 2.45) is 0 Å². The summed E-state index contributed by atoms with van der Waals surface area (Å²) in [6.07, 6.45) is 1.64. The minimum absolute atomic E-state index is 0.394. The highest BCUT2D eigenvalue weighted by Crippen LogP contribution is 2.26. The van der Waals surface area contributed by atoms with Gasteiger partial charge in [-0.2, -0.15) is 0 Å². The molecule has 0 saturated carbocycles. The fraction of sp³-hybridized carbons (Fsp3) is 0.167. The van der Waals surface area contributed by atoms with Crippen molar-refractivity contribution in [1.29, 1.82) is 0 Å². The van der Waals surface area contributed by atoms with Crippen molar-refractivity contribution in [2.45, 2.75) is 6.92 Å². The number of methoxy groups -OCH3 is 1. The van der Waals surface area contributed by atoms with Crippen LogP contribution in [0.5, 0.6) is 0 Å². The Kier molecular flexibility index (Phi) is 3.39. The van der Waals surface area contributed by atoms with Crippen molar-refractivity contribution in [3.8, 4) is 0 Å². The van der Waals surface area contributed by atoms with Crippen molar-refractivity contribution in [3.63, 3.8) is 0 Å². The summed E-state index contributed by atoms with van der Waals surface area (Å²) in [6, 6.07) is 5.40. The zero-order valence-corrected chi connectivity index (χ0v) is 10.4. The highest BCUT2D eigenvalue weighted by atomic mass is 32.1.